The number of rotatable bonds is 6. The highest BCUT2D eigenvalue weighted by atomic mass is 19.1. The predicted octanol–water partition coefficient (Wildman–Crippen LogP) is 3.63. The van der Waals surface area contributed by atoms with Gasteiger partial charge in [0.05, 0.1) is 6.04 Å². The second-order valence-corrected chi connectivity index (χ2v) is 8.72. The molecular formula is C25H26FN5O2. The van der Waals surface area contributed by atoms with Gasteiger partial charge in [-0.2, -0.15) is 5.10 Å². The third-order valence-electron chi connectivity index (χ3n) is 6.36. The summed E-state index contributed by atoms with van der Waals surface area (Å²) in [6.45, 7) is 1.97. The second kappa shape index (κ2) is 9.13. The van der Waals surface area contributed by atoms with Crippen LogP contribution in [0.4, 0.5) is 4.39 Å². The molecule has 2 amide bonds. The number of aromatic nitrogens is 3. The fourth-order valence-electron chi connectivity index (χ4n) is 4.67. The van der Waals surface area contributed by atoms with Crippen LogP contribution in [0.25, 0.3) is 0 Å². The summed E-state index contributed by atoms with van der Waals surface area (Å²) >= 11 is 0. The van der Waals surface area contributed by atoms with Crippen LogP contribution in [0, 0.1) is 5.82 Å². The van der Waals surface area contributed by atoms with E-state index in [1.807, 2.05) is 34.1 Å². The fourth-order valence-corrected chi connectivity index (χ4v) is 4.67. The maximum Gasteiger partial charge on any atom is 0.254 e. The Labute approximate surface area is 191 Å². The molecule has 3 aromatic rings. The summed E-state index contributed by atoms with van der Waals surface area (Å²) in [6.07, 6.45) is 3.72. The Morgan fingerprint density at radius 1 is 1.09 bits per heavy atom. The van der Waals surface area contributed by atoms with Crippen molar-refractivity contribution in [3.63, 3.8) is 0 Å². The average molecular weight is 448 g/mol. The Balaban J connectivity index is 1.29. The van der Waals surface area contributed by atoms with E-state index in [1.165, 1.54) is 12.1 Å². The molecule has 2 aliphatic heterocycles. The summed E-state index contributed by atoms with van der Waals surface area (Å²) in [4.78, 5) is 33.6. The standard InChI is InChI=1S/C25H26FN5O2/c26-20-10-8-17(9-11-20)15-22-27-24(29-28-22)21-6-2-13-31(21)25(33)19-5-1-4-18(14-19)16-30-12-3-7-23(30)32/h1,4-5,8-11,14,21H,2-3,6-7,12-13,15-16H2,(H,27,28,29). The van der Waals surface area contributed by atoms with Crippen LogP contribution in [-0.4, -0.2) is 49.9 Å². The second-order valence-electron chi connectivity index (χ2n) is 8.72. The lowest BCUT2D eigenvalue weighted by atomic mass is 10.1. The molecule has 0 spiro atoms. The Bertz CT molecular complexity index is 1160. The predicted molar refractivity (Wildman–Crippen MR) is 120 cm³/mol. The minimum absolute atomic E-state index is 0.0445. The number of carbonyl (C=O) groups excluding carboxylic acids is 2. The van der Waals surface area contributed by atoms with E-state index in [4.69, 9.17) is 0 Å². The molecule has 0 saturated carbocycles. The summed E-state index contributed by atoms with van der Waals surface area (Å²) < 4.78 is 13.1. The van der Waals surface area contributed by atoms with Gasteiger partial charge in [0.15, 0.2) is 5.82 Å². The number of nitrogens with zero attached hydrogens (tertiary/aromatic N) is 4. The van der Waals surface area contributed by atoms with Crippen LogP contribution in [-0.2, 0) is 17.8 Å². The summed E-state index contributed by atoms with van der Waals surface area (Å²) in [7, 11) is 0. The van der Waals surface area contributed by atoms with Crippen molar-refractivity contribution >= 4 is 11.8 Å². The Kier molecular flexibility index (Phi) is 5.90. The molecule has 1 aromatic heterocycles. The van der Waals surface area contributed by atoms with Gasteiger partial charge in [-0.1, -0.05) is 24.3 Å². The summed E-state index contributed by atoms with van der Waals surface area (Å²) in [5.41, 5.74) is 2.52. The maximum atomic E-state index is 13.4. The quantitative estimate of drug-likeness (QED) is 0.626. The highest BCUT2D eigenvalue weighted by Gasteiger charge is 2.33. The molecule has 2 saturated heterocycles. The first-order valence-electron chi connectivity index (χ1n) is 11.4. The van der Waals surface area contributed by atoms with Crippen molar-refractivity contribution in [3.05, 3.63) is 82.7 Å². The van der Waals surface area contributed by atoms with Crippen LogP contribution in [0.3, 0.4) is 0 Å². The molecule has 7 nitrogen and oxygen atoms in total. The minimum atomic E-state index is -0.270. The van der Waals surface area contributed by atoms with Crippen LogP contribution >= 0.6 is 0 Å². The lowest BCUT2D eigenvalue weighted by Gasteiger charge is -2.23. The Hall–Kier alpha value is -3.55. The molecule has 1 unspecified atom stereocenters. The number of benzene rings is 2. The van der Waals surface area contributed by atoms with Gasteiger partial charge >= 0.3 is 0 Å². The minimum Gasteiger partial charge on any atom is -0.338 e. The molecule has 5 rings (SSSR count). The van der Waals surface area contributed by atoms with Gasteiger partial charge in [0.1, 0.15) is 11.6 Å². The zero-order valence-electron chi connectivity index (χ0n) is 18.3. The Morgan fingerprint density at radius 2 is 1.94 bits per heavy atom. The van der Waals surface area contributed by atoms with Crippen LogP contribution < -0.4 is 0 Å². The van der Waals surface area contributed by atoms with Gasteiger partial charge in [0.25, 0.3) is 5.91 Å². The van der Waals surface area contributed by atoms with Gasteiger partial charge in [-0.05, 0) is 54.7 Å². The molecular weight excluding hydrogens is 421 g/mol. The molecule has 1 N–H and O–H groups in total. The van der Waals surface area contributed by atoms with E-state index in [0.717, 1.165) is 36.9 Å². The van der Waals surface area contributed by atoms with E-state index in [-0.39, 0.29) is 23.7 Å². The van der Waals surface area contributed by atoms with Gasteiger partial charge in [0, 0.05) is 38.0 Å². The third kappa shape index (κ3) is 4.65. The number of hydrogen-bond donors (Lipinski definition) is 1. The zero-order chi connectivity index (χ0) is 22.8. The molecule has 170 valence electrons. The first-order valence-corrected chi connectivity index (χ1v) is 11.4. The molecule has 2 aliphatic rings. The lowest BCUT2D eigenvalue weighted by molar-refractivity contribution is -0.128. The summed E-state index contributed by atoms with van der Waals surface area (Å²) in [5.74, 6) is 1.16. The van der Waals surface area contributed by atoms with Gasteiger partial charge in [-0.3, -0.25) is 14.7 Å². The van der Waals surface area contributed by atoms with Crippen LogP contribution in [0.15, 0.2) is 48.5 Å². The van der Waals surface area contributed by atoms with Crippen molar-refractivity contribution in [3.8, 4) is 0 Å². The van der Waals surface area contributed by atoms with Gasteiger partial charge in [-0.25, -0.2) is 9.37 Å². The van der Waals surface area contributed by atoms with E-state index < -0.39 is 0 Å². The number of likely N-dealkylation sites (tertiary alicyclic amines) is 2. The summed E-state index contributed by atoms with van der Waals surface area (Å²) in [6, 6.07) is 13.7. The van der Waals surface area contributed by atoms with Crippen molar-refractivity contribution in [1.82, 2.24) is 25.0 Å². The first kappa shape index (κ1) is 21.3. The zero-order valence-corrected chi connectivity index (χ0v) is 18.3. The van der Waals surface area contributed by atoms with Crippen LogP contribution in [0.2, 0.25) is 0 Å². The van der Waals surface area contributed by atoms with E-state index in [2.05, 4.69) is 15.2 Å². The molecule has 2 aromatic carbocycles. The number of amides is 2. The van der Waals surface area contributed by atoms with E-state index in [1.54, 1.807) is 12.1 Å². The maximum absolute atomic E-state index is 13.4. The van der Waals surface area contributed by atoms with Crippen LogP contribution in [0.1, 0.15) is 64.9 Å². The van der Waals surface area contributed by atoms with Gasteiger partial charge in [-0.15, -0.1) is 0 Å². The summed E-state index contributed by atoms with van der Waals surface area (Å²) in [5, 5.41) is 7.35. The number of carbonyl (C=O) groups is 2. The first-order chi connectivity index (χ1) is 16.1. The number of H-pyrrole nitrogens is 1. The van der Waals surface area contributed by atoms with Crippen molar-refractivity contribution in [2.75, 3.05) is 13.1 Å². The van der Waals surface area contributed by atoms with Crippen molar-refractivity contribution in [2.45, 2.75) is 44.7 Å². The van der Waals surface area contributed by atoms with Crippen LogP contribution in [0.5, 0.6) is 0 Å². The highest BCUT2D eigenvalue weighted by Crippen LogP contribution is 2.31. The number of hydrogen-bond acceptors (Lipinski definition) is 4. The average Bonchev–Trinajstić information content (AvgIpc) is 3.57. The van der Waals surface area contributed by atoms with E-state index in [9.17, 15) is 14.0 Å². The fraction of sp³-hybridized carbons (Fsp3) is 0.360. The normalized spacial score (nSPS) is 18.3. The van der Waals surface area contributed by atoms with E-state index >= 15 is 0 Å². The SMILES string of the molecule is O=C1CCCN1Cc1cccc(C(=O)N2CCCC2c2n[nH]c(Cc3ccc(F)cc3)n2)c1. The van der Waals surface area contributed by atoms with Gasteiger partial charge < -0.3 is 9.80 Å². The van der Waals surface area contributed by atoms with Gasteiger partial charge in [0.2, 0.25) is 5.91 Å². The molecule has 0 radical (unpaired) electrons. The Morgan fingerprint density at radius 3 is 2.73 bits per heavy atom. The largest absolute Gasteiger partial charge is 0.338 e. The monoisotopic (exact) mass is 447 g/mol. The lowest BCUT2D eigenvalue weighted by Crippen LogP contribution is -2.31. The molecule has 2 fully saturated rings. The van der Waals surface area contributed by atoms with Crippen molar-refractivity contribution < 1.29 is 14.0 Å². The molecule has 33 heavy (non-hydrogen) atoms. The smallest absolute Gasteiger partial charge is 0.254 e. The molecule has 0 aliphatic carbocycles. The van der Waals surface area contributed by atoms with Crippen molar-refractivity contribution in [2.24, 2.45) is 0 Å². The van der Waals surface area contributed by atoms with E-state index in [0.29, 0.717) is 43.1 Å². The number of aromatic amines is 1. The third-order valence-corrected chi connectivity index (χ3v) is 6.36. The topological polar surface area (TPSA) is 82.2 Å². The number of halogens is 1. The number of nitrogens with one attached hydrogen (secondary N) is 1. The molecule has 8 heteroatoms. The molecule has 0 bridgehead atoms. The molecule has 3 heterocycles. The molecule has 1 atom stereocenters. The van der Waals surface area contributed by atoms with Crippen molar-refractivity contribution in [1.29, 1.82) is 0 Å². The highest BCUT2D eigenvalue weighted by molar-refractivity contribution is 5.94.